The fourth-order valence-corrected chi connectivity index (χ4v) is 7.64. The number of esters is 2. The summed E-state index contributed by atoms with van der Waals surface area (Å²) in [6.45, 7) is 3.08. The molecular weight excluding hydrogens is 876 g/mol. The molecule has 1 fully saturated rings. The SMILES string of the molecule is CC/C=C/C/C=C/C/C=C/C/C=C/C/C=C/CCCC(=O)OC[C@H](COP(=O)(O)OC1C(O)C(O)C(O)[C@@H](O)C1O)OC(=O)CCC/C=C/C/C=C/C/C=C/C/C=C/CCCCCCCCC. The molecule has 67 heavy (non-hydrogen) atoms. The van der Waals surface area contributed by atoms with Crippen molar-refractivity contribution in [1.82, 2.24) is 0 Å². The fourth-order valence-electron chi connectivity index (χ4n) is 6.67. The molecule has 0 aromatic heterocycles. The van der Waals surface area contributed by atoms with Gasteiger partial charge in [0.25, 0.3) is 0 Å². The van der Waals surface area contributed by atoms with E-state index in [4.69, 9.17) is 18.5 Å². The first-order chi connectivity index (χ1) is 32.4. The molecule has 380 valence electrons. The molecule has 1 saturated carbocycles. The van der Waals surface area contributed by atoms with E-state index in [2.05, 4.69) is 98.9 Å². The number of hydrogen-bond acceptors (Lipinski definition) is 12. The highest BCUT2D eigenvalue weighted by molar-refractivity contribution is 7.47. The molecule has 0 spiro atoms. The first-order valence-electron chi connectivity index (χ1n) is 24.7. The van der Waals surface area contributed by atoms with Crippen molar-refractivity contribution in [2.75, 3.05) is 13.2 Å². The molecule has 6 unspecified atom stereocenters. The number of allylic oxidation sites excluding steroid dienone is 18. The van der Waals surface area contributed by atoms with Crippen molar-refractivity contribution in [2.45, 2.75) is 198 Å². The molecule has 0 aromatic carbocycles. The summed E-state index contributed by atoms with van der Waals surface area (Å²) in [5, 5.41) is 50.2. The molecule has 14 heteroatoms. The van der Waals surface area contributed by atoms with E-state index in [-0.39, 0.29) is 12.8 Å². The van der Waals surface area contributed by atoms with Gasteiger partial charge in [-0.05, 0) is 89.9 Å². The second-order valence-electron chi connectivity index (χ2n) is 16.6. The molecular formula is C53H85O13P. The van der Waals surface area contributed by atoms with Gasteiger partial charge in [-0.3, -0.25) is 18.6 Å². The van der Waals surface area contributed by atoms with Crippen LogP contribution < -0.4 is 0 Å². The number of aliphatic hydroxyl groups excluding tert-OH is 5. The third-order valence-electron chi connectivity index (χ3n) is 10.6. The molecule has 1 rings (SSSR count). The van der Waals surface area contributed by atoms with Crippen molar-refractivity contribution in [3.05, 3.63) is 109 Å². The van der Waals surface area contributed by atoms with Crippen LogP contribution in [0.5, 0.6) is 0 Å². The predicted molar refractivity (Wildman–Crippen MR) is 267 cm³/mol. The normalized spacial score (nSPS) is 22.1. The highest BCUT2D eigenvalue weighted by Crippen LogP contribution is 2.47. The van der Waals surface area contributed by atoms with Crippen LogP contribution in [0.4, 0.5) is 0 Å². The highest BCUT2D eigenvalue weighted by Gasteiger charge is 2.51. The Morgan fingerprint density at radius 3 is 1.30 bits per heavy atom. The van der Waals surface area contributed by atoms with E-state index < -0.39 is 75.7 Å². The minimum atomic E-state index is -5.16. The van der Waals surface area contributed by atoms with Gasteiger partial charge in [0.2, 0.25) is 0 Å². The number of rotatable bonds is 39. The number of carbonyl (C=O) groups excluding carboxylic acids is 2. The molecule has 8 atom stereocenters. The van der Waals surface area contributed by atoms with Crippen LogP contribution in [0.15, 0.2) is 109 Å². The molecule has 1 aliphatic rings. The molecule has 0 bridgehead atoms. The fraction of sp³-hybridized carbons (Fsp3) is 0.623. The summed E-state index contributed by atoms with van der Waals surface area (Å²) in [6.07, 6.45) is 44.4. The van der Waals surface area contributed by atoms with E-state index >= 15 is 0 Å². The van der Waals surface area contributed by atoms with Crippen molar-refractivity contribution < 1.29 is 63.1 Å². The third-order valence-corrected chi connectivity index (χ3v) is 11.6. The van der Waals surface area contributed by atoms with E-state index in [1.165, 1.54) is 44.9 Å². The second kappa shape index (κ2) is 41.5. The van der Waals surface area contributed by atoms with Crippen LogP contribution in [0, 0.1) is 0 Å². The maximum Gasteiger partial charge on any atom is 0.472 e. The quantitative estimate of drug-likeness (QED) is 0.0147. The van der Waals surface area contributed by atoms with Crippen molar-refractivity contribution in [3.63, 3.8) is 0 Å². The zero-order valence-corrected chi connectivity index (χ0v) is 41.3. The number of aliphatic hydroxyl groups is 5. The summed E-state index contributed by atoms with van der Waals surface area (Å²) in [5.74, 6) is -1.24. The Balaban J connectivity index is 2.52. The van der Waals surface area contributed by atoms with Gasteiger partial charge >= 0.3 is 19.8 Å². The number of carbonyl (C=O) groups is 2. The van der Waals surface area contributed by atoms with E-state index in [1.54, 1.807) is 0 Å². The number of ether oxygens (including phenoxy) is 2. The molecule has 0 saturated heterocycles. The number of unbranched alkanes of at least 4 members (excludes halogenated alkanes) is 9. The lowest BCUT2D eigenvalue weighted by molar-refractivity contribution is -0.220. The highest BCUT2D eigenvalue weighted by atomic mass is 31.2. The smallest absolute Gasteiger partial charge is 0.462 e. The Labute approximate surface area is 402 Å². The summed E-state index contributed by atoms with van der Waals surface area (Å²) < 4.78 is 33.5. The van der Waals surface area contributed by atoms with Gasteiger partial charge in [-0.15, -0.1) is 0 Å². The Morgan fingerprint density at radius 1 is 0.478 bits per heavy atom. The molecule has 0 heterocycles. The van der Waals surface area contributed by atoms with Gasteiger partial charge in [0.1, 0.15) is 43.2 Å². The monoisotopic (exact) mass is 961 g/mol. The number of hydrogen-bond donors (Lipinski definition) is 6. The largest absolute Gasteiger partial charge is 0.472 e. The molecule has 6 N–H and O–H groups in total. The summed E-state index contributed by atoms with van der Waals surface area (Å²) >= 11 is 0. The van der Waals surface area contributed by atoms with Gasteiger partial charge < -0.3 is 39.9 Å². The van der Waals surface area contributed by atoms with Gasteiger partial charge in [0.05, 0.1) is 6.61 Å². The topological polar surface area (TPSA) is 210 Å². The maximum atomic E-state index is 12.8. The zero-order chi connectivity index (χ0) is 49.2. The number of phosphoric acid groups is 1. The van der Waals surface area contributed by atoms with E-state index in [9.17, 15) is 44.6 Å². The van der Waals surface area contributed by atoms with E-state index in [1.807, 2.05) is 24.3 Å². The van der Waals surface area contributed by atoms with Crippen LogP contribution in [0.2, 0.25) is 0 Å². The zero-order valence-electron chi connectivity index (χ0n) is 40.4. The molecule has 0 aromatic rings. The lowest BCUT2D eigenvalue weighted by atomic mass is 9.85. The van der Waals surface area contributed by atoms with Crippen molar-refractivity contribution in [3.8, 4) is 0 Å². The van der Waals surface area contributed by atoms with Gasteiger partial charge in [0, 0.05) is 12.8 Å². The molecule has 13 nitrogen and oxygen atoms in total. The van der Waals surface area contributed by atoms with E-state index in [0.29, 0.717) is 25.7 Å². The average molecular weight is 961 g/mol. The molecule has 0 radical (unpaired) electrons. The summed E-state index contributed by atoms with van der Waals surface area (Å²) in [6, 6.07) is 0. The molecule has 0 aliphatic heterocycles. The van der Waals surface area contributed by atoms with Crippen LogP contribution >= 0.6 is 7.82 Å². The Morgan fingerprint density at radius 2 is 0.851 bits per heavy atom. The second-order valence-corrected chi connectivity index (χ2v) is 18.0. The summed E-state index contributed by atoms with van der Waals surface area (Å²) in [4.78, 5) is 35.7. The van der Waals surface area contributed by atoms with Crippen LogP contribution in [-0.4, -0.2) is 98.3 Å². The predicted octanol–water partition coefficient (Wildman–Crippen LogP) is 10.4. The average Bonchev–Trinajstić information content (AvgIpc) is 3.31. The van der Waals surface area contributed by atoms with Crippen LogP contribution in [0.25, 0.3) is 0 Å². The minimum absolute atomic E-state index is 0.00199. The Hall–Kier alpha value is -3.49. The lowest BCUT2D eigenvalue weighted by Gasteiger charge is -2.41. The summed E-state index contributed by atoms with van der Waals surface area (Å²) in [5.41, 5.74) is 0. The minimum Gasteiger partial charge on any atom is -0.462 e. The number of phosphoric ester groups is 1. The molecule has 0 amide bonds. The van der Waals surface area contributed by atoms with Crippen LogP contribution in [-0.2, 0) is 32.7 Å². The molecule has 1 aliphatic carbocycles. The van der Waals surface area contributed by atoms with Gasteiger partial charge in [-0.2, -0.15) is 0 Å². The van der Waals surface area contributed by atoms with Crippen LogP contribution in [0.3, 0.4) is 0 Å². The van der Waals surface area contributed by atoms with Crippen molar-refractivity contribution in [2.24, 2.45) is 0 Å². The Kier molecular flexibility index (Phi) is 38.1. The first-order valence-corrected chi connectivity index (χ1v) is 26.2. The van der Waals surface area contributed by atoms with Crippen molar-refractivity contribution in [1.29, 1.82) is 0 Å². The van der Waals surface area contributed by atoms with Gasteiger partial charge in [-0.25, -0.2) is 4.57 Å². The standard InChI is InChI=1S/C53H85O13P/c1-3-5-7-9-11-13-15-17-19-21-22-23-24-26-28-30-32-34-36-38-40-42-47(55)65-45(44-64-67(61,62)66-53-51(59)49(57)48(56)50(58)52(53)60)43-63-46(54)41-39-37-35-33-31-29-27-25-20-18-16-14-12-10-8-6-4-2/h6,8,12,14,18-21,23-24,27-30,33-36,45,48-53,56-60H,3-5,7,9-11,13,15-17,22,25-26,31-32,37-44H2,1-2H3,(H,61,62)/b8-6+,14-12+,20-18+,21-19+,24-23+,29-27+,30-28+,35-33+,36-34+/t45-,48?,49-,50?,51?,52?,53?/m1/s1. The van der Waals surface area contributed by atoms with Gasteiger partial charge in [-0.1, -0.05) is 162 Å². The Bertz CT molecular complexity index is 1580. The van der Waals surface area contributed by atoms with Gasteiger partial charge in [0.15, 0.2) is 6.10 Å². The van der Waals surface area contributed by atoms with Crippen LogP contribution in [0.1, 0.15) is 155 Å². The van der Waals surface area contributed by atoms with Crippen molar-refractivity contribution >= 4 is 19.8 Å². The third kappa shape index (κ3) is 33.6. The first kappa shape index (κ1) is 61.5. The lowest BCUT2D eigenvalue weighted by Crippen LogP contribution is -2.64. The van der Waals surface area contributed by atoms with E-state index in [0.717, 1.165) is 57.8 Å². The summed E-state index contributed by atoms with van der Waals surface area (Å²) in [7, 11) is -5.16. The maximum absolute atomic E-state index is 12.8.